The van der Waals surface area contributed by atoms with Gasteiger partial charge in [-0.2, -0.15) is 0 Å². The molecule has 2 amide bonds. The largest absolute Gasteiger partial charge is 0.332 e. The first-order chi connectivity index (χ1) is 7.25. The van der Waals surface area contributed by atoms with Crippen LogP contribution < -0.4 is 5.32 Å². The number of hydrogen-bond donors (Lipinski definition) is 1. The fourth-order valence-electron chi connectivity index (χ4n) is 1.69. The summed E-state index contributed by atoms with van der Waals surface area (Å²) in [5.41, 5.74) is 0.949. The summed E-state index contributed by atoms with van der Waals surface area (Å²) in [5, 5.41) is 5.91. The van der Waals surface area contributed by atoms with Gasteiger partial charge in [-0.05, 0) is 19.8 Å². The Kier molecular flexibility index (Phi) is 3.20. The highest BCUT2D eigenvalue weighted by Crippen LogP contribution is 2.09. The van der Waals surface area contributed by atoms with Crippen molar-refractivity contribution >= 4 is 17.4 Å². The van der Waals surface area contributed by atoms with E-state index in [-0.39, 0.29) is 6.03 Å². The van der Waals surface area contributed by atoms with Gasteiger partial charge in [-0.3, -0.25) is 0 Å². The number of amides is 2. The molecule has 2 rings (SSSR count). The minimum atomic E-state index is 0.0400. The Bertz CT molecular complexity index is 344. The number of carbonyl (C=O) groups is 1. The van der Waals surface area contributed by atoms with E-state index in [0.717, 1.165) is 36.6 Å². The number of hydrogen-bond acceptors (Lipinski definition) is 3. The highest BCUT2D eigenvalue weighted by Gasteiger charge is 2.17. The maximum absolute atomic E-state index is 11.6. The maximum Gasteiger partial charge on any atom is 0.317 e. The molecule has 0 saturated carbocycles. The Hall–Kier alpha value is -1.10. The van der Waals surface area contributed by atoms with E-state index in [9.17, 15) is 4.79 Å². The number of likely N-dealkylation sites (tertiary alicyclic amines) is 1. The van der Waals surface area contributed by atoms with E-state index in [4.69, 9.17) is 0 Å². The van der Waals surface area contributed by atoms with Crippen LogP contribution >= 0.6 is 11.3 Å². The molecule has 0 unspecified atom stereocenters. The number of thiazole rings is 1. The molecule has 1 aromatic rings. The number of aryl methyl sites for hydroxylation is 1. The van der Waals surface area contributed by atoms with Gasteiger partial charge in [-0.1, -0.05) is 0 Å². The van der Waals surface area contributed by atoms with Gasteiger partial charge in [-0.25, -0.2) is 9.78 Å². The van der Waals surface area contributed by atoms with Crippen LogP contribution in [0.5, 0.6) is 0 Å². The fraction of sp³-hybridized carbons (Fsp3) is 0.600. The molecular formula is C10H15N3OS. The predicted molar refractivity (Wildman–Crippen MR) is 59.9 cm³/mol. The highest BCUT2D eigenvalue weighted by atomic mass is 32.1. The second-order valence-electron chi connectivity index (χ2n) is 3.71. The minimum Gasteiger partial charge on any atom is -0.332 e. The Morgan fingerprint density at radius 2 is 2.33 bits per heavy atom. The summed E-state index contributed by atoms with van der Waals surface area (Å²) in [4.78, 5) is 17.8. The average molecular weight is 225 g/mol. The van der Waals surface area contributed by atoms with Crippen molar-refractivity contribution in [3.63, 3.8) is 0 Å². The molecule has 15 heavy (non-hydrogen) atoms. The van der Waals surface area contributed by atoms with Crippen LogP contribution in [-0.2, 0) is 6.54 Å². The molecule has 0 atom stereocenters. The summed E-state index contributed by atoms with van der Waals surface area (Å²) < 4.78 is 0. The van der Waals surface area contributed by atoms with E-state index in [1.54, 1.807) is 11.3 Å². The summed E-state index contributed by atoms with van der Waals surface area (Å²) in [6.07, 6.45) is 2.26. The molecular weight excluding hydrogens is 210 g/mol. The summed E-state index contributed by atoms with van der Waals surface area (Å²) in [7, 11) is 0. The first-order valence-corrected chi connectivity index (χ1v) is 6.07. The molecule has 0 radical (unpaired) electrons. The molecule has 1 N–H and O–H groups in total. The Morgan fingerprint density at radius 1 is 1.60 bits per heavy atom. The molecule has 0 bridgehead atoms. The standard InChI is InChI=1S/C10H15N3OS/c1-8-12-9(7-15-8)6-11-10(14)13-4-2-3-5-13/h7H,2-6H2,1H3,(H,11,14). The lowest BCUT2D eigenvalue weighted by Crippen LogP contribution is -2.37. The monoisotopic (exact) mass is 225 g/mol. The summed E-state index contributed by atoms with van der Waals surface area (Å²) in [5.74, 6) is 0. The van der Waals surface area contributed by atoms with E-state index >= 15 is 0 Å². The topological polar surface area (TPSA) is 45.2 Å². The van der Waals surface area contributed by atoms with Crippen LogP contribution in [0.1, 0.15) is 23.5 Å². The van der Waals surface area contributed by atoms with Gasteiger partial charge in [-0.15, -0.1) is 11.3 Å². The number of nitrogens with one attached hydrogen (secondary N) is 1. The normalized spacial score (nSPS) is 15.7. The summed E-state index contributed by atoms with van der Waals surface area (Å²) in [6, 6.07) is 0.0400. The van der Waals surface area contributed by atoms with Gasteiger partial charge < -0.3 is 10.2 Å². The molecule has 1 aromatic heterocycles. The van der Waals surface area contributed by atoms with Crippen molar-refractivity contribution in [2.24, 2.45) is 0 Å². The van der Waals surface area contributed by atoms with Gasteiger partial charge in [0.2, 0.25) is 0 Å². The second-order valence-corrected chi connectivity index (χ2v) is 4.77. The van der Waals surface area contributed by atoms with Gasteiger partial charge in [0.05, 0.1) is 17.2 Å². The Labute approximate surface area is 93.3 Å². The van der Waals surface area contributed by atoms with Gasteiger partial charge in [0.25, 0.3) is 0 Å². The van der Waals surface area contributed by atoms with Crippen molar-refractivity contribution in [3.8, 4) is 0 Å². The van der Waals surface area contributed by atoms with Crippen molar-refractivity contribution < 1.29 is 4.79 Å². The highest BCUT2D eigenvalue weighted by molar-refractivity contribution is 7.09. The van der Waals surface area contributed by atoms with E-state index < -0.39 is 0 Å². The zero-order chi connectivity index (χ0) is 10.7. The van der Waals surface area contributed by atoms with Gasteiger partial charge in [0.1, 0.15) is 0 Å². The van der Waals surface area contributed by atoms with E-state index in [0.29, 0.717) is 6.54 Å². The number of carbonyl (C=O) groups excluding carboxylic acids is 1. The van der Waals surface area contributed by atoms with Crippen LogP contribution in [0, 0.1) is 6.92 Å². The molecule has 1 aliphatic heterocycles. The Morgan fingerprint density at radius 3 is 2.93 bits per heavy atom. The summed E-state index contributed by atoms with van der Waals surface area (Å²) in [6.45, 7) is 4.29. The molecule has 0 aliphatic carbocycles. The van der Waals surface area contributed by atoms with Gasteiger partial charge >= 0.3 is 6.03 Å². The lowest BCUT2D eigenvalue weighted by molar-refractivity contribution is 0.208. The number of urea groups is 1. The van der Waals surface area contributed by atoms with Crippen LogP contribution in [0.3, 0.4) is 0 Å². The van der Waals surface area contributed by atoms with Gasteiger partial charge in [0.15, 0.2) is 0 Å². The smallest absolute Gasteiger partial charge is 0.317 e. The van der Waals surface area contributed by atoms with Crippen molar-refractivity contribution in [3.05, 3.63) is 16.1 Å². The third-order valence-corrected chi connectivity index (χ3v) is 3.30. The molecule has 4 nitrogen and oxygen atoms in total. The lowest BCUT2D eigenvalue weighted by Gasteiger charge is -2.15. The zero-order valence-corrected chi connectivity index (χ0v) is 9.64. The third kappa shape index (κ3) is 2.68. The van der Waals surface area contributed by atoms with Crippen molar-refractivity contribution in [2.75, 3.05) is 13.1 Å². The van der Waals surface area contributed by atoms with Crippen LogP contribution in [0.25, 0.3) is 0 Å². The molecule has 1 saturated heterocycles. The molecule has 1 fully saturated rings. The first kappa shape index (κ1) is 10.4. The van der Waals surface area contributed by atoms with Crippen LogP contribution in [0.2, 0.25) is 0 Å². The van der Waals surface area contributed by atoms with Crippen molar-refractivity contribution in [2.45, 2.75) is 26.3 Å². The molecule has 0 spiro atoms. The first-order valence-electron chi connectivity index (χ1n) is 5.19. The van der Waals surface area contributed by atoms with Crippen molar-refractivity contribution in [1.29, 1.82) is 0 Å². The van der Waals surface area contributed by atoms with E-state index in [1.165, 1.54) is 0 Å². The van der Waals surface area contributed by atoms with Crippen LogP contribution in [0.15, 0.2) is 5.38 Å². The average Bonchev–Trinajstić information content (AvgIpc) is 2.84. The SMILES string of the molecule is Cc1nc(CNC(=O)N2CCCC2)cs1. The second kappa shape index (κ2) is 4.61. The van der Waals surface area contributed by atoms with Crippen LogP contribution in [-0.4, -0.2) is 29.0 Å². The Balaban J connectivity index is 1.80. The lowest BCUT2D eigenvalue weighted by atomic mass is 10.4. The molecule has 1 aliphatic rings. The fourth-order valence-corrected chi connectivity index (χ4v) is 2.30. The minimum absolute atomic E-state index is 0.0400. The number of rotatable bonds is 2. The quantitative estimate of drug-likeness (QED) is 0.833. The molecule has 2 heterocycles. The molecule has 82 valence electrons. The van der Waals surface area contributed by atoms with Crippen LogP contribution in [0.4, 0.5) is 4.79 Å². The van der Waals surface area contributed by atoms with E-state index in [2.05, 4.69) is 10.3 Å². The number of nitrogens with zero attached hydrogens (tertiary/aromatic N) is 2. The summed E-state index contributed by atoms with van der Waals surface area (Å²) >= 11 is 1.61. The van der Waals surface area contributed by atoms with Gasteiger partial charge in [0, 0.05) is 18.5 Å². The molecule has 5 heteroatoms. The van der Waals surface area contributed by atoms with E-state index in [1.807, 2.05) is 17.2 Å². The molecule has 0 aromatic carbocycles. The maximum atomic E-state index is 11.6. The number of aromatic nitrogens is 1. The zero-order valence-electron chi connectivity index (χ0n) is 8.82. The predicted octanol–water partition coefficient (Wildman–Crippen LogP) is 1.76. The van der Waals surface area contributed by atoms with Crippen molar-refractivity contribution in [1.82, 2.24) is 15.2 Å². The third-order valence-electron chi connectivity index (χ3n) is 2.48.